The summed E-state index contributed by atoms with van der Waals surface area (Å²) in [6.45, 7) is 6.92. The molecular weight excluding hydrogens is 451 g/mol. The number of hydrogen-bond acceptors (Lipinski definition) is 3. The lowest BCUT2D eigenvalue weighted by Gasteiger charge is -2.33. The molecule has 190 valence electrons. The molecule has 3 fully saturated rings. The highest BCUT2D eigenvalue weighted by Crippen LogP contribution is 2.30. The molecule has 1 atom stereocenters. The van der Waals surface area contributed by atoms with Crippen molar-refractivity contribution < 1.29 is 13.9 Å². The van der Waals surface area contributed by atoms with E-state index in [-0.39, 0.29) is 11.7 Å². The Bertz CT molecular complexity index is 1120. The second-order valence-electron chi connectivity index (χ2n) is 10.4. The van der Waals surface area contributed by atoms with Crippen molar-refractivity contribution in [3.8, 4) is 0 Å². The molecule has 36 heavy (non-hydrogen) atoms. The van der Waals surface area contributed by atoms with E-state index in [0.717, 1.165) is 81.5 Å². The van der Waals surface area contributed by atoms with Crippen molar-refractivity contribution in [2.75, 3.05) is 45.9 Å². The number of hydrogen-bond donors (Lipinski definition) is 0. The highest BCUT2D eigenvalue weighted by atomic mass is 19.1. The van der Waals surface area contributed by atoms with E-state index in [1.54, 1.807) is 12.1 Å². The molecule has 4 nitrogen and oxygen atoms in total. The van der Waals surface area contributed by atoms with Crippen molar-refractivity contribution in [1.82, 2.24) is 9.80 Å². The van der Waals surface area contributed by atoms with Crippen LogP contribution in [0.1, 0.15) is 53.9 Å². The van der Waals surface area contributed by atoms with Crippen LogP contribution in [-0.2, 0) is 4.74 Å². The molecule has 3 saturated heterocycles. The Labute approximate surface area is 214 Å². The van der Waals surface area contributed by atoms with Crippen molar-refractivity contribution in [2.45, 2.75) is 38.0 Å². The summed E-state index contributed by atoms with van der Waals surface area (Å²) in [6.07, 6.45) is 5.88. The normalized spacial score (nSPS) is 20.9. The van der Waals surface area contributed by atoms with Gasteiger partial charge in [0.1, 0.15) is 5.82 Å². The van der Waals surface area contributed by atoms with E-state index < -0.39 is 0 Å². The maximum atomic E-state index is 13.2. The molecule has 0 saturated carbocycles. The lowest BCUT2D eigenvalue weighted by Crippen LogP contribution is -2.37. The standard InChI is InChI=1S/C27H29FN2O.C4H8O/c28-24-10-8-21(9-11-24)22-13-15-29(16-14-22)18-20-12-17-30(19-20)27(31)26-7-3-5-23-4-1-2-6-25(23)26;1-2-4-5-3-1/h1-11,20,22H,12-19H2;1-4H2/t20-;/m1./s1. The van der Waals surface area contributed by atoms with Crippen LogP contribution in [0.25, 0.3) is 10.8 Å². The molecule has 1 amide bonds. The monoisotopic (exact) mass is 488 g/mol. The molecule has 5 heteroatoms. The molecule has 3 aliphatic heterocycles. The van der Waals surface area contributed by atoms with Crippen molar-refractivity contribution in [3.63, 3.8) is 0 Å². The summed E-state index contributed by atoms with van der Waals surface area (Å²) in [6, 6.07) is 21.1. The van der Waals surface area contributed by atoms with Crippen LogP contribution in [0.4, 0.5) is 4.39 Å². The van der Waals surface area contributed by atoms with Gasteiger partial charge in [0.25, 0.3) is 5.91 Å². The van der Waals surface area contributed by atoms with Crippen LogP contribution in [0.2, 0.25) is 0 Å². The Morgan fingerprint density at radius 1 is 0.861 bits per heavy atom. The first-order valence-corrected chi connectivity index (χ1v) is 13.5. The molecular formula is C31H37FN2O2. The zero-order valence-corrected chi connectivity index (χ0v) is 21.1. The second kappa shape index (κ2) is 12.0. The first kappa shape index (κ1) is 24.9. The van der Waals surface area contributed by atoms with Gasteiger partial charge in [0.2, 0.25) is 0 Å². The number of halogens is 1. The molecule has 3 aromatic carbocycles. The molecule has 0 unspecified atom stereocenters. The molecule has 3 heterocycles. The zero-order valence-electron chi connectivity index (χ0n) is 21.1. The minimum Gasteiger partial charge on any atom is -0.381 e. The Hall–Kier alpha value is -2.76. The van der Waals surface area contributed by atoms with Gasteiger partial charge in [-0.3, -0.25) is 4.79 Å². The third-order valence-corrected chi connectivity index (χ3v) is 7.87. The van der Waals surface area contributed by atoms with E-state index in [9.17, 15) is 9.18 Å². The van der Waals surface area contributed by atoms with Crippen LogP contribution >= 0.6 is 0 Å². The summed E-state index contributed by atoms with van der Waals surface area (Å²) in [7, 11) is 0. The van der Waals surface area contributed by atoms with E-state index in [4.69, 9.17) is 4.74 Å². The maximum Gasteiger partial charge on any atom is 0.254 e. The number of likely N-dealkylation sites (tertiary alicyclic amines) is 2. The van der Waals surface area contributed by atoms with Crippen LogP contribution < -0.4 is 0 Å². The lowest BCUT2D eigenvalue weighted by atomic mass is 9.89. The number of piperidine rings is 1. The van der Waals surface area contributed by atoms with Crippen LogP contribution in [-0.4, -0.2) is 61.6 Å². The fraction of sp³-hybridized carbons (Fsp3) is 0.452. The fourth-order valence-electron chi connectivity index (χ4n) is 5.81. The predicted octanol–water partition coefficient (Wildman–Crippen LogP) is 6.12. The number of ether oxygens (including phenoxy) is 1. The Balaban J connectivity index is 0.000000477. The lowest BCUT2D eigenvalue weighted by molar-refractivity contribution is 0.0784. The van der Waals surface area contributed by atoms with Crippen molar-refractivity contribution in [3.05, 3.63) is 83.7 Å². The smallest absolute Gasteiger partial charge is 0.254 e. The van der Waals surface area contributed by atoms with Gasteiger partial charge in [-0.05, 0) is 91.6 Å². The highest BCUT2D eigenvalue weighted by Gasteiger charge is 2.30. The maximum absolute atomic E-state index is 13.2. The number of amides is 1. The molecule has 0 bridgehead atoms. The van der Waals surface area contributed by atoms with Gasteiger partial charge in [0.05, 0.1) is 0 Å². The highest BCUT2D eigenvalue weighted by molar-refractivity contribution is 6.07. The third-order valence-electron chi connectivity index (χ3n) is 7.87. The minimum absolute atomic E-state index is 0.161. The number of carbonyl (C=O) groups excluding carboxylic acids is 1. The Kier molecular flexibility index (Phi) is 8.29. The average Bonchev–Trinajstić information content (AvgIpc) is 3.65. The van der Waals surface area contributed by atoms with E-state index in [1.807, 2.05) is 47.4 Å². The van der Waals surface area contributed by atoms with Crippen LogP contribution in [0.3, 0.4) is 0 Å². The van der Waals surface area contributed by atoms with Crippen LogP contribution in [0.5, 0.6) is 0 Å². The summed E-state index contributed by atoms with van der Waals surface area (Å²) in [5.74, 6) is 1.07. The summed E-state index contributed by atoms with van der Waals surface area (Å²) < 4.78 is 18.1. The van der Waals surface area contributed by atoms with E-state index in [2.05, 4.69) is 17.0 Å². The number of rotatable bonds is 4. The molecule has 0 aliphatic carbocycles. The molecule has 6 rings (SSSR count). The second-order valence-corrected chi connectivity index (χ2v) is 10.4. The predicted molar refractivity (Wildman–Crippen MR) is 143 cm³/mol. The number of nitrogens with zero attached hydrogens (tertiary/aromatic N) is 2. The fourth-order valence-corrected chi connectivity index (χ4v) is 5.81. The van der Waals surface area contributed by atoms with Gasteiger partial charge in [-0.2, -0.15) is 0 Å². The first-order valence-electron chi connectivity index (χ1n) is 13.5. The van der Waals surface area contributed by atoms with E-state index >= 15 is 0 Å². The summed E-state index contributed by atoms with van der Waals surface area (Å²) in [5.41, 5.74) is 2.08. The molecule has 0 spiro atoms. The third kappa shape index (κ3) is 6.13. The van der Waals surface area contributed by atoms with Crippen molar-refractivity contribution in [2.24, 2.45) is 5.92 Å². The Morgan fingerprint density at radius 2 is 1.58 bits per heavy atom. The summed E-state index contributed by atoms with van der Waals surface area (Å²) in [5, 5.41) is 2.16. The van der Waals surface area contributed by atoms with Gasteiger partial charge in [-0.25, -0.2) is 4.39 Å². The van der Waals surface area contributed by atoms with Crippen LogP contribution in [0.15, 0.2) is 66.7 Å². The van der Waals surface area contributed by atoms with Gasteiger partial charge in [-0.15, -0.1) is 0 Å². The Morgan fingerprint density at radius 3 is 2.31 bits per heavy atom. The number of fused-ring (bicyclic) bond motifs is 1. The largest absolute Gasteiger partial charge is 0.381 e. The van der Waals surface area contributed by atoms with Crippen molar-refractivity contribution >= 4 is 16.7 Å². The average molecular weight is 489 g/mol. The van der Waals surface area contributed by atoms with Gasteiger partial charge in [-0.1, -0.05) is 48.5 Å². The molecule has 0 N–H and O–H groups in total. The van der Waals surface area contributed by atoms with Crippen molar-refractivity contribution in [1.29, 1.82) is 0 Å². The topological polar surface area (TPSA) is 32.8 Å². The molecule has 3 aromatic rings. The van der Waals surface area contributed by atoms with Gasteiger partial charge >= 0.3 is 0 Å². The number of carbonyl (C=O) groups is 1. The zero-order chi connectivity index (χ0) is 24.7. The van der Waals surface area contributed by atoms with Gasteiger partial charge < -0.3 is 14.5 Å². The van der Waals surface area contributed by atoms with E-state index in [1.165, 1.54) is 18.4 Å². The van der Waals surface area contributed by atoms with Gasteiger partial charge in [0.15, 0.2) is 0 Å². The SMILES string of the molecule is C1CCOC1.O=C(c1cccc2ccccc12)N1CC[C@H](CN2CCC(c3ccc(F)cc3)CC2)C1. The molecule has 3 aliphatic rings. The molecule has 0 aromatic heterocycles. The number of benzene rings is 3. The molecule has 0 radical (unpaired) electrons. The summed E-state index contributed by atoms with van der Waals surface area (Å²) >= 11 is 0. The van der Waals surface area contributed by atoms with Crippen LogP contribution in [0, 0.1) is 11.7 Å². The summed E-state index contributed by atoms with van der Waals surface area (Å²) in [4.78, 5) is 17.8. The van der Waals surface area contributed by atoms with Gasteiger partial charge in [0, 0.05) is 38.4 Å². The quantitative estimate of drug-likeness (QED) is 0.444. The first-order chi connectivity index (χ1) is 17.7. The minimum atomic E-state index is -0.162. The van der Waals surface area contributed by atoms with E-state index in [0.29, 0.717) is 11.8 Å².